The molecule has 2 nitrogen and oxygen atoms in total. The van der Waals surface area contributed by atoms with Crippen LogP contribution < -0.4 is 4.74 Å². The molecule has 3 aromatic carbocycles. The summed E-state index contributed by atoms with van der Waals surface area (Å²) in [4.78, 5) is 12.3. The summed E-state index contributed by atoms with van der Waals surface area (Å²) in [5, 5.41) is 0. The number of ether oxygens (including phenoxy) is 1. The highest BCUT2D eigenvalue weighted by Crippen LogP contribution is 2.32. The molecule has 0 spiro atoms. The molecule has 0 aliphatic rings. The van der Waals surface area contributed by atoms with Gasteiger partial charge >= 0.3 is 5.97 Å². The normalized spacial score (nSPS) is 10.1. The average Bonchev–Trinajstić information content (AvgIpc) is 2.63. The Morgan fingerprint density at radius 3 is 2.17 bits per heavy atom. The number of benzene rings is 3. The van der Waals surface area contributed by atoms with Crippen molar-refractivity contribution < 1.29 is 9.53 Å². The fourth-order valence-corrected chi connectivity index (χ4v) is 2.34. The molecule has 0 heterocycles. The SMILES string of the molecule is C=Cc1ccc(OC(=O)c2ccccc2)c(-c2ccccc2)c1. The van der Waals surface area contributed by atoms with Crippen LogP contribution in [0, 0.1) is 0 Å². The van der Waals surface area contributed by atoms with Gasteiger partial charge in [-0.15, -0.1) is 0 Å². The van der Waals surface area contributed by atoms with Gasteiger partial charge in [-0.05, 0) is 35.4 Å². The van der Waals surface area contributed by atoms with E-state index in [1.165, 1.54) is 0 Å². The van der Waals surface area contributed by atoms with Crippen LogP contribution in [-0.4, -0.2) is 5.97 Å². The molecule has 23 heavy (non-hydrogen) atoms. The van der Waals surface area contributed by atoms with Crippen molar-refractivity contribution in [3.63, 3.8) is 0 Å². The Morgan fingerprint density at radius 2 is 1.52 bits per heavy atom. The molecule has 0 aliphatic carbocycles. The number of carbonyl (C=O) groups excluding carboxylic acids is 1. The first-order chi connectivity index (χ1) is 11.3. The lowest BCUT2D eigenvalue weighted by Crippen LogP contribution is -2.09. The van der Waals surface area contributed by atoms with E-state index < -0.39 is 0 Å². The molecule has 0 bridgehead atoms. The van der Waals surface area contributed by atoms with Crippen molar-refractivity contribution >= 4 is 12.0 Å². The first kappa shape index (κ1) is 14.8. The lowest BCUT2D eigenvalue weighted by Gasteiger charge is -2.11. The van der Waals surface area contributed by atoms with Crippen LogP contribution in [0.5, 0.6) is 5.75 Å². The Labute approximate surface area is 135 Å². The largest absolute Gasteiger partial charge is 0.422 e. The van der Waals surface area contributed by atoms with Crippen molar-refractivity contribution in [3.8, 4) is 16.9 Å². The third-order valence-corrected chi connectivity index (χ3v) is 3.54. The Morgan fingerprint density at radius 1 is 0.870 bits per heavy atom. The summed E-state index contributed by atoms with van der Waals surface area (Å²) in [6, 6.07) is 24.5. The van der Waals surface area contributed by atoms with Crippen molar-refractivity contribution in [2.45, 2.75) is 0 Å². The van der Waals surface area contributed by atoms with Gasteiger partial charge in [0, 0.05) is 5.56 Å². The maximum Gasteiger partial charge on any atom is 0.343 e. The van der Waals surface area contributed by atoms with Gasteiger partial charge in [-0.1, -0.05) is 67.3 Å². The molecular formula is C21H16O2. The van der Waals surface area contributed by atoms with Crippen LogP contribution in [0.3, 0.4) is 0 Å². The molecule has 0 unspecified atom stereocenters. The van der Waals surface area contributed by atoms with Crippen molar-refractivity contribution in [1.29, 1.82) is 0 Å². The van der Waals surface area contributed by atoms with Crippen molar-refractivity contribution in [1.82, 2.24) is 0 Å². The van der Waals surface area contributed by atoms with E-state index in [1.54, 1.807) is 24.3 Å². The quantitative estimate of drug-likeness (QED) is 0.488. The minimum absolute atomic E-state index is 0.367. The second kappa shape index (κ2) is 6.75. The molecule has 0 atom stereocenters. The van der Waals surface area contributed by atoms with Gasteiger partial charge in [0.2, 0.25) is 0 Å². The molecule has 0 fully saturated rings. The maximum atomic E-state index is 12.3. The molecule has 0 aliphatic heterocycles. The zero-order valence-corrected chi connectivity index (χ0v) is 12.6. The van der Waals surface area contributed by atoms with E-state index in [-0.39, 0.29) is 5.97 Å². The molecule has 3 rings (SSSR count). The molecule has 0 N–H and O–H groups in total. The number of carbonyl (C=O) groups is 1. The minimum atomic E-state index is -0.367. The second-order valence-electron chi connectivity index (χ2n) is 5.08. The van der Waals surface area contributed by atoms with E-state index in [4.69, 9.17) is 4.74 Å². The summed E-state index contributed by atoms with van der Waals surface area (Å²) in [6.07, 6.45) is 1.77. The van der Waals surface area contributed by atoms with Crippen molar-refractivity contribution in [3.05, 3.63) is 96.6 Å². The Bertz CT molecular complexity index is 821. The van der Waals surface area contributed by atoms with Gasteiger partial charge in [-0.2, -0.15) is 0 Å². The molecule has 2 heteroatoms. The summed E-state index contributed by atoms with van der Waals surface area (Å²) >= 11 is 0. The second-order valence-corrected chi connectivity index (χ2v) is 5.08. The molecule has 112 valence electrons. The van der Waals surface area contributed by atoms with E-state index >= 15 is 0 Å². The van der Waals surface area contributed by atoms with Crippen molar-refractivity contribution in [2.75, 3.05) is 0 Å². The summed E-state index contributed by atoms with van der Waals surface area (Å²) in [5.41, 5.74) is 3.36. The summed E-state index contributed by atoms with van der Waals surface area (Å²) in [7, 11) is 0. The smallest absolute Gasteiger partial charge is 0.343 e. The highest BCUT2D eigenvalue weighted by Gasteiger charge is 2.13. The van der Waals surface area contributed by atoms with Gasteiger partial charge in [0.05, 0.1) is 5.56 Å². The van der Waals surface area contributed by atoms with Crippen LogP contribution in [-0.2, 0) is 0 Å². The number of hydrogen-bond donors (Lipinski definition) is 0. The highest BCUT2D eigenvalue weighted by molar-refractivity contribution is 5.92. The number of hydrogen-bond acceptors (Lipinski definition) is 2. The third kappa shape index (κ3) is 3.38. The van der Waals surface area contributed by atoms with Crippen LogP contribution in [0.25, 0.3) is 17.2 Å². The standard InChI is InChI=1S/C21H16O2/c1-2-16-13-14-20(19(15-16)17-9-5-3-6-10-17)23-21(22)18-11-7-4-8-12-18/h2-15H,1H2. The predicted octanol–water partition coefficient (Wildman–Crippen LogP) is 5.22. The van der Waals surface area contributed by atoms with E-state index in [1.807, 2.05) is 60.7 Å². The lowest BCUT2D eigenvalue weighted by atomic mass is 10.0. The van der Waals surface area contributed by atoms with Crippen LogP contribution >= 0.6 is 0 Å². The molecular weight excluding hydrogens is 284 g/mol. The molecule has 0 aromatic heterocycles. The van der Waals surface area contributed by atoms with Crippen LogP contribution in [0.2, 0.25) is 0 Å². The van der Waals surface area contributed by atoms with Gasteiger partial charge in [0.25, 0.3) is 0 Å². The summed E-state index contributed by atoms with van der Waals surface area (Å²) in [6.45, 7) is 3.80. The van der Waals surface area contributed by atoms with E-state index in [0.717, 1.165) is 16.7 Å². The zero-order valence-electron chi connectivity index (χ0n) is 12.6. The molecule has 0 radical (unpaired) electrons. The van der Waals surface area contributed by atoms with E-state index in [9.17, 15) is 4.79 Å². The fourth-order valence-electron chi connectivity index (χ4n) is 2.34. The Kier molecular flexibility index (Phi) is 4.34. The Hall–Kier alpha value is -3.13. The van der Waals surface area contributed by atoms with Crippen LogP contribution in [0.15, 0.2) is 85.4 Å². The minimum Gasteiger partial charge on any atom is -0.422 e. The maximum absolute atomic E-state index is 12.3. The topological polar surface area (TPSA) is 26.3 Å². The molecule has 0 saturated carbocycles. The van der Waals surface area contributed by atoms with Gasteiger partial charge in [0.15, 0.2) is 0 Å². The van der Waals surface area contributed by atoms with E-state index in [2.05, 4.69) is 6.58 Å². The zero-order chi connectivity index (χ0) is 16.1. The monoisotopic (exact) mass is 300 g/mol. The van der Waals surface area contributed by atoms with Gasteiger partial charge in [-0.25, -0.2) is 4.79 Å². The molecule has 0 amide bonds. The van der Waals surface area contributed by atoms with E-state index in [0.29, 0.717) is 11.3 Å². The predicted molar refractivity (Wildman–Crippen MR) is 93.4 cm³/mol. The number of rotatable bonds is 4. The lowest BCUT2D eigenvalue weighted by molar-refractivity contribution is 0.0735. The van der Waals surface area contributed by atoms with Gasteiger partial charge in [0.1, 0.15) is 5.75 Å². The van der Waals surface area contributed by atoms with Crippen LogP contribution in [0.1, 0.15) is 15.9 Å². The van der Waals surface area contributed by atoms with Crippen molar-refractivity contribution in [2.24, 2.45) is 0 Å². The van der Waals surface area contributed by atoms with Gasteiger partial charge in [-0.3, -0.25) is 0 Å². The van der Waals surface area contributed by atoms with Crippen LogP contribution in [0.4, 0.5) is 0 Å². The number of esters is 1. The fraction of sp³-hybridized carbons (Fsp3) is 0. The highest BCUT2D eigenvalue weighted by atomic mass is 16.5. The molecule has 0 saturated heterocycles. The summed E-state index contributed by atoms with van der Waals surface area (Å²) in [5.74, 6) is 0.171. The average molecular weight is 300 g/mol. The first-order valence-electron chi connectivity index (χ1n) is 7.37. The summed E-state index contributed by atoms with van der Waals surface area (Å²) < 4.78 is 5.61. The first-order valence-corrected chi connectivity index (χ1v) is 7.37. The Balaban J connectivity index is 1.99. The third-order valence-electron chi connectivity index (χ3n) is 3.54. The molecule has 3 aromatic rings. The van der Waals surface area contributed by atoms with Gasteiger partial charge < -0.3 is 4.74 Å².